The van der Waals surface area contributed by atoms with Crippen molar-refractivity contribution in [2.24, 2.45) is 0 Å². The molecule has 1 unspecified atom stereocenters. The van der Waals surface area contributed by atoms with Crippen molar-refractivity contribution in [1.29, 1.82) is 0 Å². The molecule has 0 aliphatic rings. The summed E-state index contributed by atoms with van der Waals surface area (Å²) in [5.74, 6) is 0.689. The van der Waals surface area contributed by atoms with Crippen LogP contribution in [0.5, 0.6) is 5.75 Å². The Bertz CT molecular complexity index is 564. The number of ether oxygens (including phenoxy) is 1. The van der Waals surface area contributed by atoms with Crippen LogP contribution in [0.15, 0.2) is 42.5 Å². The van der Waals surface area contributed by atoms with E-state index in [1.165, 1.54) is 0 Å². The van der Waals surface area contributed by atoms with Crippen LogP contribution in [-0.2, 0) is 6.61 Å². The quantitative estimate of drug-likeness (QED) is 0.903. The van der Waals surface area contributed by atoms with Crippen molar-refractivity contribution in [3.8, 4) is 5.75 Å². The standard InChI is InChI=1S/C16H17ClO2/c1-11-7-8-13(15(17)9-11)10-19-16-6-4-3-5-14(16)12(2)18/h3-9,12,18H,10H2,1-2H3. The minimum absolute atomic E-state index is 0.392. The molecule has 2 aromatic carbocycles. The average molecular weight is 277 g/mol. The lowest BCUT2D eigenvalue weighted by atomic mass is 10.1. The third-order valence-corrected chi connectivity index (χ3v) is 3.31. The number of hydrogen-bond donors (Lipinski definition) is 1. The molecule has 0 saturated heterocycles. The fourth-order valence-electron chi connectivity index (χ4n) is 1.88. The number of para-hydroxylation sites is 1. The molecular weight excluding hydrogens is 260 g/mol. The van der Waals surface area contributed by atoms with E-state index < -0.39 is 6.10 Å². The molecule has 0 amide bonds. The summed E-state index contributed by atoms with van der Waals surface area (Å²) in [6.45, 7) is 4.11. The first-order valence-corrected chi connectivity index (χ1v) is 6.60. The molecule has 0 radical (unpaired) electrons. The first kappa shape index (κ1) is 13.9. The van der Waals surface area contributed by atoms with E-state index in [0.29, 0.717) is 17.4 Å². The van der Waals surface area contributed by atoms with Crippen molar-refractivity contribution in [3.05, 3.63) is 64.2 Å². The Labute approximate surface area is 118 Å². The van der Waals surface area contributed by atoms with E-state index in [2.05, 4.69) is 0 Å². The first-order chi connectivity index (χ1) is 9.08. The van der Waals surface area contributed by atoms with E-state index >= 15 is 0 Å². The van der Waals surface area contributed by atoms with Crippen LogP contribution in [0.4, 0.5) is 0 Å². The number of aliphatic hydroxyl groups is 1. The minimum atomic E-state index is -0.551. The van der Waals surface area contributed by atoms with Crippen molar-refractivity contribution in [3.63, 3.8) is 0 Å². The lowest BCUT2D eigenvalue weighted by Gasteiger charge is -2.14. The van der Waals surface area contributed by atoms with E-state index in [1.54, 1.807) is 6.92 Å². The highest BCUT2D eigenvalue weighted by Crippen LogP contribution is 2.26. The largest absolute Gasteiger partial charge is 0.488 e. The molecule has 0 aliphatic carbocycles. The molecule has 0 fully saturated rings. The zero-order chi connectivity index (χ0) is 13.8. The van der Waals surface area contributed by atoms with Gasteiger partial charge in [-0.2, -0.15) is 0 Å². The monoisotopic (exact) mass is 276 g/mol. The maximum atomic E-state index is 9.69. The normalized spacial score (nSPS) is 12.2. The molecule has 0 saturated carbocycles. The van der Waals surface area contributed by atoms with Gasteiger partial charge < -0.3 is 9.84 Å². The molecule has 3 heteroatoms. The number of rotatable bonds is 4. The molecule has 19 heavy (non-hydrogen) atoms. The molecule has 0 heterocycles. The maximum absolute atomic E-state index is 9.69. The van der Waals surface area contributed by atoms with Gasteiger partial charge in [0.25, 0.3) is 0 Å². The summed E-state index contributed by atoms with van der Waals surface area (Å²) < 4.78 is 5.76. The Morgan fingerprint density at radius 3 is 2.63 bits per heavy atom. The van der Waals surface area contributed by atoms with Crippen molar-refractivity contribution < 1.29 is 9.84 Å². The van der Waals surface area contributed by atoms with Crippen molar-refractivity contribution >= 4 is 11.6 Å². The summed E-state index contributed by atoms with van der Waals surface area (Å²) in [4.78, 5) is 0. The summed E-state index contributed by atoms with van der Waals surface area (Å²) in [6, 6.07) is 13.4. The summed E-state index contributed by atoms with van der Waals surface area (Å²) >= 11 is 6.17. The second-order valence-electron chi connectivity index (χ2n) is 4.60. The number of hydrogen-bond acceptors (Lipinski definition) is 2. The summed E-state index contributed by atoms with van der Waals surface area (Å²) in [5, 5.41) is 10.4. The Morgan fingerprint density at radius 1 is 1.21 bits per heavy atom. The van der Waals surface area contributed by atoms with E-state index in [0.717, 1.165) is 16.7 Å². The van der Waals surface area contributed by atoms with Gasteiger partial charge >= 0.3 is 0 Å². The topological polar surface area (TPSA) is 29.5 Å². The third-order valence-electron chi connectivity index (χ3n) is 2.96. The predicted octanol–water partition coefficient (Wildman–Crippen LogP) is 4.28. The van der Waals surface area contributed by atoms with E-state index in [-0.39, 0.29) is 0 Å². The second-order valence-corrected chi connectivity index (χ2v) is 5.00. The van der Waals surface area contributed by atoms with Gasteiger partial charge in [0.1, 0.15) is 12.4 Å². The van der Waals surface area contributed by atoms with E-state index in [9.17, 15) is 5.11 Å². The number of aliphatic hydroxyl groups excluding tert-OH is 1. The van der Waals surface area contributed by atoms with Gasteiger partial charge in [-0.05, 0) is 31.5 Å². The van der Waals surface area contributed by atoms with Gasteiger partial charge in [-0.1, -0.05) is 41.9 Å². The van der Waals surface area contributed by atoms with Gasteiger partial charge in [-0.25, -0.2) is 0 Å². The van der Waals surface area contributed by atoms with Gasteiger partial charge in [0.15, 0.2) is 0 Å². The fraction of sp³-hybridized carbons (Fsp3) is 0.250. The Hall–Kier alpha value is -1.51. The molecule has 2 aromatic rings. The lowest BCUT2D eigenvalue weighted by Crippen LogP contribution is -2.01. The minimum Gasteiger partial charge on any atom is -0.488 e. The van der Waals surface area contributed by atoms with Crippen LogP contribution in [0.2, 0.25) is 5.02 Å². The molecule has 0 aromatic heterocycles. The van der Waals surface area contributed by atoms with E-state index in [1.807, 2.05) is 49.4 Å². The SMILES string of the molecule is Cc1ccc(COc2ccccc2C(C)O)c(Cl)c1. The van der Waals surface area contributed by atoms with Crippen LogP contribution < -0.4 is 4.74 Å². The van der Waals surface area contributed by atoms with Crippen LogP contribution in [0.25, 0.3) is 0 Å². The number of halogens is 1. The average Bonchev–Trinajstić information content (AvgIpc) is 2.38. The van der Waals surface area contributed by atoms with Crippen LogP contribution in [0.3, 0.4) is 0 Å². The van der Waals surface area contributed by atoms with Gasteiger partial charge in [-0.15, -0.1) is 0 Å². The second kappa shape index (κ2) is 6.09. The van der Waals surface area contributed by atoms with Gasteiger partial charge in [0.2, 0.25) is 0 Å². The smallest absolute Gasteiger partial charge is 0.125 e. The molecular formula is C16H17ClO2. The van der Waals surface area contributed by atoms with Crippen LogP contribution in [0, 0.1) is 6.92 Å². The van der Waals surface area contributed by atoms with Crippen molar-refractivity contribution in [1.82, 2.24) is 0 Å². The molecule has 1 atom stereocenters. The van der Waals surface area contributed by atoms with Crippen LogP contribution in [-0.4, -0.2) is 5.11 Å². The molecule has 1 N–H and O–H groups in total. The van der Waals surface area contributed by atoms with Crippen LogP contribution >= 0.6 is 11.6 Å². The maximum Gasteiger partial charge on any atom is 0.125 e. The summed E-state index contributed by atoms with van der Waals surface area (Å²) in [5.41, 5.74) is 2.84. The van der Waals surface area contributed by atoms with Gasteiger partial charge in [0.05, 0.1) is 6.10 Å². The van der Waals surface area contributed by atoms with Crippen molar-refractivity contribution in [2.75, 3.05) is 0 Å². The summed E-state index contributed by atoms with van der Waals surface area (Å²) in [7, 11) is 0. The van der Waals surface area contributed by atoms with E-state index in [4.69, 9.17) is 16.3 Å². The van der Waals surface area contributed by atoms with Crippen molar-refractivity contribution in [2.45, 2.75) is 26.6 Å². The Morgan fingerprint density at radius 2 is 1.95 bits per heavy atom. The first-order valence-electron chi connectivity index (χ1n) is 6.22. The highest BCUT2D eigenvalue weighted by molar-refractivity contribution is 6.31. The Kier molecular flexibility index (Phi) is 4.46. The highest BCUT2D eigenvalue weighted by Gasteiger charge is 2.09. The number of benzene rings is 2. The lowest BCUT2D eigenvalue weighted by molar-refractivity contribution is 0.190. The zero-order valence-corrected chi connectivity index (χ0v) is 11.8. The molecule has 100 valence electrons. The molecule has 2 rings (SSSR count). The fourth-order valence-corrected chi connectivity index (χ4v) is 2.17. The third kappa shape index (κ3) is 3.49. The number of aryl methyl sites for hydroxylation is 1. The van der Waals surface area contributed by atoms with Gasteiger partial charge in [-0.3, -0.25) is 0 Å². The molecule has 0 bridgehead atoms. The predicted molar refractivity (Wildman–Crippen MR) is 77.6 cm³/mol. The summed E-state index contributed by atoms with van der Waals surface area (Å²) in [6.07, 6.45) is -0.551. The highest BCUT2D eigenvalue weighted by atomic mass is 35.5. The van der Waals surface area contributed by atoms with Crippen LogP contribution in [0.1, 0.15) is 29.7 Å². The van der Waals surface area contributed by atoms with Gasteiger partial charge in [0, 0.05) is 16.1 Å². The Balaban J connectivity index is 2.14. The molecule has 0 spiro atoms. The molecule has 2 nitrogen and oxygen atoms in total. The molecule has 0 aliphatic heterocycles. The zero-order valence-electron chi connectivity index (χ0n) is 11.1.